The molecule has 0 nitrogen and oxygen atoms in total. The molecule has 0 aromatic heterocycles. The Bertz CT molecular complexity index is 373. The summed E-state index contributed by atoms with van der Waals surface area (Å²) in [5.74, 6) is 0. The fourth-order valence-corrected chi connectivity index (χ4v) is 0.812. The van der Waals surface area contributed by atoms with Crippen molar-refractivity contribution in [2.45, 2.75) is 33.1 Å². The third-order valence-corrected chi connectivity index (χ3v) is 1.50. The molecule has 0 spiro atoms. The molecule has 0 radical (unpaired) electrons. The lowest BCUT2D eigenvalue weighted by Gasteiger charge is -2.19. The van der Waals surface area contributed by atoms with Gasteiger partial charge in [-0.2, -0.15) is 0 Å². The molecule has 0 aliphatic heterocycles. The van der Waals surface area contributed by atoms with E-state index in [4.69, 9.17) is 5.48 Å². The minimum Gasteiger partial charge on any atom is -0.0617 e. The van der Waals surface area contributed by atoms with Crippen LogP contribution in [-0.2, 0) is 5.41 Å². The molecule has 0 heteroatoms. The molecule has 0 heterocycles. The Morgan fingerprint density at radius 2 is 1.91 bits per heavy atom. The first kappa shape index (κ1) is 4.30. The van der Waals surface area contributed by atoms with Crippen LogP contribution in [0, 0.1) is 6.92 Å². The summed E-state index contributed by atoms with van der Waals surface area (Å²) in [6.07, 6.45) is 0. The van der Waals surface area contributed by atoms with Gasteiger partial charge in [0.2, 0.25) is 0 Å². The van der Waals surface area contributed by atoms with E-state index in [0.717, 1.165) is 0 Å². The predicted octanol–water partition coefficient (Wildman–Crippen LogP) is 3.29. The molecule has 0 saturated heterocycles. The van der Waals surface area contributed by atoms with Gasteiger partial charge in [0.05, 0.1) is 5.48 Å². The molecule has 0 N–H and O–H groups in total. The normalized spacial score (nSPS) is 16.7. The summed E-state index contributed by atoms with van der Waals surface area (Å²) >= 11 is 0. The van der Waals surface area contributed by atoms with Crippen LogP contribution in [0.5, 0.6) is 0 Å². The monoisotopic (exact) mass is 152 g/mol. The Balaban J connectivity index is 3.68. The lowest BCUT2D eigenvalue weighted by molar-refractivity contribution is 0.590. The summed E-state index contributed by atoms with van der Waals surface area (Å²) in [4.78, 5) is 0. The second kappa shape index (κ2) is 2.69. The summed E-state index contributed by atoms with van der Waals surface area (Å²) < 4.78 is 31.0. The zero-order valence-corrected chi connectivity index (χ0v) is 7.50. The van der Waals surface area contributed by atoms with Crippen LogP contribution >= 0.6 is 0 Å². The minimum atomic E-state index is -0.331. The zero-order chi connectivity index (χ0) is 12.0. The van der Waals surface area contributed by atoms with Gasteiger partial charge < -0.3 is 0 Å². The first-order chi connectivity index (χ1) is 6.68. The number of hydrogen-bond acceptors (Lipinski definition) is 0. The summed E-state index contributed by atoms with van der Waals surface area (Å²) in [5.41, 5.74) is 0.713. The fourth-order valence-electron chi connectivity index (χ4n) is 0.812. The Kier molecular flexibility index (Phi) is 1.05. The van der Waals surface area contributed by atoms with E-state index in [1.165, 1.54) is 0 Å². The van der Waals surface area contributed by atoms with Gasteiger partial charge >= 0.3 is 0 Å². The lowest BCUT2D eigenvalue weighted by atomic mass is 9.86. The maximum Gasteiger partial charge on any atom is 0.0629 e. The fraction of sp³-hybridized carbons (Fsp3) is 0.455. The van der Waals surface area contributed by atoms with Crippen LogP contribution in [-0.4, -0.2) is 0 Å². The van der Waals surface area contributed by atoms with Crippen LogP contribution in [0.1, 0.15) is 37.4 Å². The van der Waals surface area contributed by atoms with E-state index in [1.54, 1.807) is 6.92 Å². The van der Waals surface area contributed by atoms with Gasteiger partial charge in [0, 0.05) is 0 Å². The van der Waals surface area contributed by atoms with Gasteiger partial charge in [0.25, 0.3) is 0 Å². The molecule has 0 aliphatic rings. The number of rotatable bonds is 0. The molecule has 0 aliphatic carbocycles. The Hall–Kier alpha value is -0.780. The van der Waals surface area contributed by atoms with Crippen LogP contribution in [0.15, 0.2) is 24.2 Å². The quantitative estimate of drug-likeness (QED) is 0.535. The largest absolute Gasteiger partial charge is 0.0629 e. The molecule has 0 bridgehead atoms. The van der Waals surface area contributed by atoms with Gasteiger partial charge in [0.1, 0.15) is 0 Å². The first-order valence-corrected chi connectivity index (χ1v) is 3.75. The highest BCUT2D eigenvalue weighted by Gasteiger charge is 2.12. The number of benzene rings is 1. The van der Waals surface area contributed by atoms with E-state index in [2.05, 4.69) is 0 Å². The SMILES string of the molecule is [2H]c1c([2H])c(C)c([2H])c(C(C)(C)C)c1[2H]. The molecule has 11 heavy (non-hydrogen) atoms. The maximum atomic E-state index is 7.91. The molecule has 0 amide bonds. The van der Waals surface area contributed by atoms with Gasteiger partial charge in [-0.25, -0.2) is 0 Å². The predicted molar refractivity (Wildman–Crippen MR) is 49.9 cm³/mol. The molecule has 0 atom stereocenters. The summed E-state index contributed by atoms with van der Waals surface area (Å²) in [6, 6.07) is 0.169. The van der Waals surface area contributed by atoms with E-state index < -0.39 is 0 Å². The van der Waals surface area contributed by atoms with E-state index in [1.807, 2.05) is 20.8 Å². The molecule has 1 aromatic carbocycles. The van der Waals surface area contributed by atoms with Crippen LogP contribution < -0.4 is 0 Å². The third-order valence-electron chi connectivity index (χ3n) is 1.50. The average Bonchev–Trinajstić information content (AvgIpc) is 2.09. The highest BCUT2D eigenvalue weighted by molar-refractivity contribution is 5.27. The molecule has 0 unspecified atom stereocenters. The van der Waals surface area contributed by atoms with Crippen molar-refractivity contribution in [3.05, 3.63) is 35.3 Å². The van der Waals surface area contributed by atoms with Crippen LogP contribution in [0.25, 0.3) is 0 Å². The van der Waals surface area contributed by atoms with Crippen LogP contribution in [0.4, 0.5) is 0 Å². The molecule has 60 valence electrons. The van der Waals surface area contributed by atoms with Crippen LogP contribution in [0.3, 0.4) is 0 Å². The Morgan fingerprint density at radius 3 is 2.45 bits per heavy atom. The smallest absolute Gasteiger partial charge is 0.0617 e. The number of hydrogen-bond donors (Lipinski definition) is 0. The summed E-state index contributed by atoms with van der Waals surface area (Å²) in [7, 11) is 0. The molecule has 1 rings (SSSR count). The van der Waals surface area contributed by atoms with Crippen molar-refractivity contribution >= 4 is 0 Å². The highest BCUT2D eigenvalue weighted by Crippen LogP contribution is 2.22. The molecular formula is C11H16. The van der Waals surface area contributed by atoms with Gasteiger partial charge in [-0.3, -0.25) is 0 Å². The van der Waals surface area contributed by atoms with Crippen molar-refractivity contribution in [2.24, 2.45) is 0 Å². The Morgan fingerprint density at radius 1 is 1.27 bits per heavy atom. The first-order valence-electron chi connectivity index (χ1n) is 5.75. The lowest BCUT2D eigenvalue weighted by Crippen LogP contribution is -2.10. The van der Waals surface area contributed by atoms with Gasteiger partial charge in [-0.15, -0.1) is 0 Å². The summed E-state index contributed by atoms with van der Waals surface area (Å²) in [5, 5.41) is 0. The highest BCUT2D eigenvalue weighted by atomic mass is 14.2. The molecular weight excluding hydrogens is 132 g/mol. The van der Waals surface area contributed by atoms with Crippen LogP contribution in [0.2, 0.25) is 0 Å². The van der Waals surface area contributed by atoms with Crippen molar-refractivity contribution in [1.82, 2.24) is 0 Å². The summed E-state index contributed by atoms with van der Waals surface area (Å²) in [6.45, 7) is 7.42. The zero-order valence-electron chi connectivity index (χ0n) is 11.5. The van der Waals surface area contributed by atoms with Crippen molar-refractivity contribution in [1.29, 1.82) is 0 Å². The second-order valence-corrected chi connectivity index (χ2v) is 3.75. The van der Waals surface area contributed by atoms with Crippen molar-refractivity contribution in [3.63, 3.8) is 0 Å². The van der Waals surface area contributed by atoms with Crippen molar-refractivity contribution in [2.75, 3.05) is 0 Å². The topological polar surface area (TPSA) is 0 Å². The minimum absolute atomic E-state index is 0.00185. The molecule has 1 aromatic rings. The van der Waals surface area contributed by atoms with Gasteiger partial charge in [-0.05, 0) is 17.9 Å². The van der Waals surface area contributed by atoms with Gasteiger partial charge in [-0.1, -0.05) is 50.5 Å². The van der Waals surface area contributed by atoms with Crippen molar-refractivity contribution in [3.8, 4) is 0 Å². The second-order valence-electron chi connectivity index (χ2n) is 3.75. The maximum absolute atomic E-state index is 7.91. The average molecular weight is 152 g/mol. The standard InChI is InChI=1S/C11H16/c1-9-6-5-7-10(8-9)11(2,3)4/h5-8H,1-4H3/i5D,6D,7D,8D. The van der Waals surface area contributed by atoms with Gasteiger partial charge in [0.15, 0.2) is 0 Å². The molecule has 0 fully saturated rings. The Labute approximate surface area is 74.9 Å². The van der Waals surface area contributed by atoms with Crippen molar-refractivity contribution < 1.29 is 5.48 Å². The van der Waals surface area contributed by atoms with E-state index in [0.29, 0.717) is 11.1 Å². The molecule has 0 saturated carbocycles. The van der Waals surface area contributed by atoms with E-state index in [9.17, 15) is 0 Å². The van der Waals surface area contributed by atoms with E-state index >= 15 is 0 Å². The third kappa shape index (κ3) is 2.07. The van der Waals surface area contributed by atoms with E-state index in [-0.39, 0.29) is 29.6 Å².